The normalized spacial score (nSPS) is 12.4. The summed E-state index contributed by atoms with van der Waals surface area (Å²) < 4.78 is 68.5. The van der Waals surface area contributed by atoms with E-state index in [1.807, 2.05) is 0 Å². The number of likely N-dealkylation sites (N-methyl/N-ethyl adjacent to an activating group) is 1. The van der Waals surface area contributed by atoms with E-state index in [2.05, 4.69) is 5.32 Å². The SMILES string of the molecule is CCNC(=O)[C@H](CC)N(Cc1ccccc1)C(=O)CN(c1cccc(C(F)(F)F)c1)S(=O)(=O)c1ccccc1. The molecule has 0 bridgehead atoms. The maximum atomic E-state index is 13.8. The first kappa shape index (κ1) is 29.7. The van der Waals surface area contributed by atoms with Crippen LogP contribution in [0.3, 0.4) is 0 Å². The van der Waals surface area contributed by atoms with E-state index in [-0.39, 0.29) is 23.5 Å². The van der Waals surface area contributed by atoms with Crippen LogP contribution in [0.1, 0.15) is 31.4 Å². The first-order valence-electron chi connectivity index (χ1n) is 12.3. The highest BCUT2D eigenvalue weighted by Gasteiger charge is 2.35. The minimum absolute atomic E-state index is 0.00285. The Bertz CT molecular complexity index is 1370. The molecule has 208 valence electrons. The second-order valence-corrected chi connectivity index (χ2v) is 10.6. The van der Waals surface area contributed by atoms with Crippen LogP contribution in [0.15, 0.2) is 89.8 Å². The zero-order valence-corrected chi connectivity index (χ0v) is 22.4. The zero-order valence-electron chi connectivity index (χ0n) is 21.6. The maximum Gasteiger partial charge on any atom is 0.416 e. The minimum Gasteiger partial charge on any atom is -0.355 e. The van der Waals surface area contributed by atoms with E-state index < -0.39 is 46.2 Å². The van der Waals surface area contributed by atoms with Crippen LogP contribution in [0.5, 0.6) is 0 Å². The molecule has 0 saturated heterocycles. The van der Waals surface area contributed by atoms with Crippen molar-refractivity contribution in [1.82, 2.24) is 10.2 Å². The third kappa shape index (κ3) is 7.38. The first-order valence-corrected chi connectivity index (χ1v) is 13.8. The molecule has 0 unspecified atom stereocenters. The van der Waals surface area contributed by atoms with E-state index in [9.17, 15) is 31.2 Å². The van der Waals surface area contributed by atoms with Crippen LogP contribution in [0.4, 0.5) is 18.9 Å². The summed E-state index contributed by atoms with van der Waals surface area (Å²) in [5.41, 5.74) is -0.687. The minimum atomic E-state index is -4.73. The van der Waals surface area contributed by atoms with E-state index in [0.29, 0.717) is 22.5 Å². The summed E-state index contributed by atoms with van der Waals surface area (Å²) in [5.74, 6) is -1.16. The Morgan fingerprint density at radius 3 is 2.08 bits per heavy atom. The molecule has 0 heterocycles. The number of hydrogen-bond acceptors (Lipinski definition) is 4. The largest absolute Gasteiger partial charge is 0.416 e. The van der Waals surface area contributed by atoms with Crippen LogP contribution >= 0.6 is 0 Å². The van der Waals surface area contributed by atoms with E-state index in [1.165, 1.54) is 35.2 Å². The summed E-state index contributed by atoms with van der Waals surface area (Å²) in [6.45, 7) is 2.95. The van der Waals surface area contributed by atoms with Crippen LogP contribution in [0.2, 0.25) is 0 Å². The fourth-order valence-corrected chi connectivity index (χ4v) is 5.50. The highest BCUT2D eigenvalue weighted by molar-refractivity contribution is 7.92. The van der Waals surface area contributed by atoms with Crippen LogP contribution in [0.25, 0.3) is 0 Å². The third-order valence-corrected chi connectivity index (χ3v) is 7.79. The number of nitrogens with one attached hydrogen (secondary N) is 1. The molecule has 7 nitrogen and oxygen atoms in total. The van der Waals surface area contributed by atoms with Crippen LogP contribution in [0, 0.1) is 0 Å². The topological polar surface area (TPSA) is 86.8 Å². The molecule has 1 atom stereocenters. The molecule has 0 spiro atoms. The molecule has 3 aromatic carbocycles. The molecule has 0 aliphatic rings. The van der Waals surface area contributed by atoms with Gasteiger partial charge in [0, 0.05) is 13.1 Å². The van der Waals surface area contributed by atoms with Crippen molar-refractivity contribution in [1.29, 1.82) is 0 Å². The summed E-state index contributed by atoms with van der Waals surface area (Å²) in [6, 6.07) is 18.8. The molecule has 0 aromatic heterocycles. The Kier molecular flexibility index (Phi) is 9.74. The van der Waals surface area contributed by atoms with Crippen molar-refractivity contribution in [3.05, 3.63) is 96.1 Å². The third-order valence-electron chi connectivity index (χ3n) is 6.00. The van der Waals surface area contributed by atoms with Gasteiger partial charge in [-0.05, 0) is 49.2 Å². The molecular weight excluding hydrogens is 531 g/mol. The fraction of sp³-hybridized carbons (Fsp3) is 0.286. The van der Waals surface area contributed by atoms with E-state index >= 15 is 0 Å². The highest BCUT2D eigenvalue weighted by Crippen LogP contribution is 2.33. The summed E-state index contributed by atoms with van der Waals surface area (Å²) in [6.07, 6.45) is -4.49. The number of sulfonamides is 1. The van der Waals surface area contributed by atoms with Crippen molar-refractivity contribution >= 4 is 27.5 Å². The number of amides is 2. The fourth-order valence-electron chi connectivity index (χ4n) is 4.08. The summed E-state index contributed by atoms with van der Waals surface area (Å²) in [7, 11) is -4.46. The van der Waals surface area contributed by atoms with Gasteiger partial charge in [-0.15, -0.1) is 0 Å². The molecule has 0 fully saturated rings. The molecule has 0 aliphatic heterocycles. The van der Waals surface area contributed by atoms with Crippen molar-refractivity contribution in [2.45, 2.75) is 43.9 Å². The molecular formula is C28H30F3N3O4S. The molecule has 11 heteroatoms. The number of rotatable bonds is 11. The van der Waals surface area contributed by atoms with Crippen molar-refractivity contribution in [3.8, 4) is 0 Å². The van der Waals surface area contributed by atoms with Gasteiger partial charge in [-0.1, -0.05) is 61.5 Å². The van der Waals surface area contributed by atoms with Crippen LogP contribution in [-0.4, -0.2) is 44.3 Å². The Morgan fingerprint density at radius 1 is 0.897 bits per heavy atom. The Morgan fingerprint density at radius 2 is 1.51 bits per heavy atom. The van der Waals surface area contributed by atoms with Gasteiger partial charge in [-0.2, -0.15) is 13.2 Å². The van der Waals surface area contributed by atoms with Gasteiger partial charge in [-0.25, -0.2) is 8.42 Å². The molecule has 0 saturated carbocycles. The van der Waals surface area contributed by atoms with Gasteiger partial charge in [-0.3, -0.25) is 13.9 Å². The number of benzene rings is 3. The van der Waals surface area contributed by atoms with Gasteiger partial charge in [0.05, 0.1) is 16.1 Å². The Labute approximate surface area is 226 Å². The van der Waals surface area contributed by atoms with Gasteiger partial charge in [0.15, 0.2) is 0 Å². The van der Waals surface area contributed by atoms with E-state index in [4.69, 9.17) is 0 Å². The first-order chi connectivity index (χ1) is 18.5. The van der Waals surface area contributed by atoms with Crippen LogP contribution < -0.4 is 9.62 Å². The lowest BCUT2D eigenvalue weighted by Crippen LogP contribution is -2.52. The van der Waals surface area contributed by atoms with E-state index in [1.54, 1.807) is 50.2 Å². The van der Waals surface area contributed by atoms with E-state index in [0.717, 1.165) is 12.1 Å². The average Bonchev–Trinajstić information content (AvgIpc) is 2.92. The second kappa shape index (κ2) is 12.8. The Hall–Kier alpha value is -3.86. The number of alkyl halides is 3. The van der Waals surface area contributed by atoms with Crippen LogP contribution in [-0.2, 0) is 32.3 Å². The van der Waals surface area contributed by atoms with Crippen molar-refractivity contribution in [2.75, 3.05) is 17.4 Å². The standard InChI is InChI=1S/C28H30F3N3O4S/c1-3-25(27(36)32-4-2)33(19-21-12-7-5-8-13-21)26(35)20-34(39(37,38)24-16-9-6-10-17-24)23-15-11-14-22(18-23)28(29,30)31/h5-18,25H,3-4,19-20H2,1-2H3,(H,32,36)/t25-/m0/s1. The van der Waals surface area contributed by atoms with Crippen molar-refractivity contribution < 1.29 is 31.2 Å². The van der Waals surface area contributed by atoms with Gasteiger partial charge >= 0.3 is 6.18 Å². The second-order valence-electron chi connectivity index (χ2n) is 8.70. The molecule has 3 aromatic rings. The molecule has 2 amide bonds. The van der Waals surface area contributed by atoms with Gasteiger partial charge in [0.2, 0.25) is 11.8 Å². The lowest BCUT2D eigenvalue weighted by Gasteiger charge is -2.33. The predicted molar refractivity (Wildman–Crippen MR) is 142 cm³/mol. The number of nitrogens with zero attached hydrogens (tertiary/aromatic N) is 2. The monoisotopic (exact) mass is 561 g/mol. The zero-order chi connectivity index (χ0) is 28.6. The number of carbonyl (C=O) groups is 2. The lowest BCUT2D eigenvalue weighted by molar-refractivity contribution is -0.140. The van der Waals surface area contributed by atoms with Crippen molar-refractivity contribution in [3.63, 3.8) is 0 Å². The average molecular weight is 562 g/mol. The summed E-state index contributed by atoms with van der Waals surface area (Å²) >= 11 is 0. The highest BCUT2D eigenvalue weighted by atomic mass is 32.2. The quantitative estimate of drug-likeness (QED) is 0.363. The number of anilines is 1. The lowest BCUT2D eigenvalue weighted by atomic mass is 10.1. The number of halogens is 3. The maximum absolute atomic E-state index is 13.8. The number of hydrogen-bond donors (Lipinski definition) is 1. The molecule has 3 rings (SSSR count). The summed E-state index contributed by atoms with van der Waals surface area (Å²) in [4.78, 5) is 27.8. The molecule has 0 aliphatic carbocycles. The van der Waals surface area contributed by atoms with Gasteiger partial charge < -0.3 is 10.2 Å². The van der Waals surface area contributed by atoms with Gasteiger partial charge in [0.1, 0.15) is 12.6 Å². The predicted octanol–water partition coefficient (Wildman–Crippen LogP) is 4.84. The molecule has 1 N–H and O–H groups in total. The smallest absolute Gasteiger partial charge is 0.355 e. The molecule has 0 radical (unpaired) electrons. The van der Waals surface area contributed by atoms with Crippen molar-refractivity contribution in [2.24, 2.45) is 0 Å². The number of carbonyl (C=O) groups excluding carboxylic acids is 2. The summed E-state index contributed by atoms with van der Waals surface area (Å²) in [5, 5.41) is 2.69. The molecule has 39 heavy (non-hydrogen) atoms. The van der Waals surface area contributed by atoms with Gasteiger partial charge in [0.25, 0.3) is 10.0 Å². The Balaban J connectivity index is 2.10.